The van der Waals surface area contributed by atoms with Crippen LogP contribution in [0.5, 0.6) is 0 Å². The molecule has 4 heterocycles. The van der Waals surface area contributed by atoms with Crippen LogP contribution in [0, 0.1) is 20.8 Å². The number of carbonyl (C=O) groups is 2. The van der Waals surface area contributed by atoms with Gasteiger partial charge in [-0.1, -0.05) is 5.16 Å². The molecule has 1 aliphatic rings. The molecule has 35 heavy (non-hydrogen) atoms. The molecule has 10 heteroatoms. The van der Waals surface area contributed by atoms with Gasteiger partial charge in [-0.05, 0) is 58.1 Å². The summed E-state index contributed by atoms with van der Waals surface area (Å²) in [5.41, 5.74) is 2.98. The third-order valence-electron chi connectivity index (χ3n) is 6.44. The first kappa shape index (κ1) is 23.2. The average molecular weight is 495 g/mol. The summed E-state index contributed by atoms with van der Waals surface area (Å²) in [6.45, 7) is 5.26. The summed E-state index contributed by atoms with van der Waals surface area (Å²) in [6.07, 6.45) is 5.58. The Morgan fingerprint density at radius 2 is 1.97 bits per heavy atom. The second-order valence-corrected chi connectivity index (χ2v) is 9.97. The molecule has 0 aliphatic heterocycles. The van der Waals surface area contributed by atoms with Crippen molar-refractivity contribution in [3.05, 3.63) is 62.0 Å². The molecule has 182 valence electrons. The standard InChI is InChI=1S/C25H26N4O5S/c1-14-10-18(16(3)29(14)21-11-15(2)34-27-21)19(30)12-33-22(31)8-9-28-13-26-24-23(25(28)32)17-6-4-5-7-20(17)35-24/h10-11,13H,4-9,12H2,1-3H3. The van der Waals surface area contributed by atoms with Crippen molar-refractivity contribution < 1.29 is 18.8 Å². The molecule has 0 unspecified atom stereocenters. The molecule has 0 fully saturated rings. The van der Waals surface area contributed by atoms with Crippen molar-refractivity contribution in [1.82, 2.24) is 19.3 Å². The number of fused-ring (bicyclic) bond motifs is 3. The minimum Gasteiger partial charge on any atom is -0.457 e. The Hall–Kier alpha value is -3.53. The fourth-order valence-corrected chi connectivity index (χ4v) is 5.92. The summed E-state index contributed by atoms with van der Waals surface area (Å²) in [6, 6.07) is 3.53. The van der Waals surface area contributed by atoms with Crippen molar-refractivity contribution in [2.75, 3.05) is 6.61 Å². The molecule has 0 saturated heterocycles. The highest BCUT2D eigenvalue weighted by molar-refractivity contribution is 7.18. The van der Waals surface area contributed by atoms with Gasteiger partial charge in [0.05, 0.1) is 18.1 Å². The van der Waals surface area contributed by atoms with Gasteiger partial charge in [-0.2, -0.15) is 0 Å². The van der Waals surface area contributed by atoms with Crippen LogP contribution in [0.15, 0.2) is 27.8 Å². The van der Waals surface area contributed by atoms with Crippen molar-refractivity contribution in [3.8, 4) is 5.82 Å². The number of rotatable bonds is 7. The lowest BCUT2D eigenvalue weighted by atomic mass is 9.97. The number of hydrogen-bond acceptors (Lipinski definition) is 8. The predicted molar refractivity (Wildman–Crippen MR) is 130 cm³/mol. The summed E-state index contributed by atoms with van der Waals surface area (Å²) < 4.78 is 13.7. The van der Waals surface area contributed by atoms with E-state index in [1.807, 2.05) is 18.4 Å². The normalized spacial score (nSPS) is 13.2. The van der Waals surface area contributed by atoms with Crippen molar-refractivity contribution in [1.29, 1.82) is 0 Å². The van der Waals surface area contributed by atoms with Crippen LogP contribution in [0.1, 0.15) is 57.2 Å². The number of aryl methyl sites for hydroxylation is 5. The predicted octanol–water partition coefficient (Wildman–Crippen LogP) is 3.86. The number of ether oxygens (including phenoxy) is 1. The number of hydrogen-bond donors (Lipinski definition) is 0. The third-order valence-corrected chi connectivity index (χ3v) is 7.64. The zero-order valence-corrected chi connectivity index (χ0v) is 20.7. The monoisotopic (exact) mass is 494 g/mol. The van der Waals surface area contributed by atoms with Gasteiger partial charge < -0.3 is 9.26 Å². The van der Waals surface area contributed by atoms with Crippen LogP contribution in [-0.2, 0) is 28.9 Å². The van der Waals surface area contributed by atoms with Gasteiger partial charge in [0.25, 0.3) is 5.56 Å². The summed E-state index contributed by atoms with van der Waals surface area (Å²) in [5, 5.41) is 4.70. The van der Waals surface area contributed by atoms with Crippen molar-refractivity contribution in [2.45, 2.75) is 59.4 Å². The molecule has 0 radical (unpaired) electrons. The van der Waals surface area contributed by atoms with Gasteiger partial charge in [-0.25, -0.2) is 4.98 Å². The molecule has 9 nitrogen and oxygen atoms in total. The molecule has 4 aromatic rings. The lowest BCUT2D eigenvalue weighted by Crippen LogP contribution is -2.23. The van der Waals surface area contributed by atoms with Gasteiger partial charge in [-0.15, -0.1) is 11.3 Å². The highest BCUT2D eigenvalue weighted by Crippen LogP contribution is 2.33. The molecule has 0 atom stereocenters. The number of ketones is 1. The van der Waals surface area contributed by atoms with Crippen LogP contribution in [0.4, 0.5) is 0 Å². The highest BCUT2D eigenvalue weighted by Gasteiger charge is 2.21. The quantitative estimate of drug-likeness (QED) is 0.283. The Kier molecular flexibility index (Phi) is 6.14. The van der Waals surface area contributed by atoms with Gasteiger partial charge in [0, 0.05) is 34.4 Å². The number of carbonyl (C=O) groups excluding carboxylic acids is 2. The van der Waals surface area contributed by atoms with Crippen LogP contribution in [0.25, 0.3) is 16.0 Å². The Morgan fingerprint density at radius 3 is 2.74 bits per heavy atom. The Morgan fingerprint density at radius 1 is 1.17 bits per heavy atom. The van der Waals surface area contributed by atoms with Crippen molar-refractivity contribution in [2.24, 2.45) is 0 Å². The van der Waals surface area contributed by atoms with E-state index >= 15 is 0 Å². The van der Waals surface area contributed by atoms with Crippen LogP contribution in [-0.4, -0.2) is 37.6 Å². The van der Waals surface area contributed by atoms with E-state index in [2.05, 4.69) is 10.1 Å². The molecule has 5 rings (SSSR count). The van der Waals surface area contributed by atoms with E-state index in [1.165, 1.54) is 15.8 Å². The smallest absolute Gasteiger partial charge is 0.308 e. The summed E-state index contributed by atoms with van der Waals surface area (Å²) in [7, 11) is 0. The van der Waals surface area contributed by atoms with Crippen LogP contribution >= 0.6 is 11.3 Å². The number of thiophene rings is 1. The topological polar surface area (TPSA) is 109 Å². The average Bonchev–Trinajstić information content (AvgIpc) is 3.51. The largest absolute Gasteiger partial charge is 0.457 e. The number of aromatic nitrogens is 4. The van der Waals surface area contributed by atoms with Crippen molar-refractivity contribution in [3.63, 3.8) is 0 Å². The van der Waals surface area contributed by atoms with E-state index in [0.717, 1.165) is 41.8 Å². The van der Waals surface area contributed by atoms with E-state index in [4.69, 9.17) is 9.26 Å². The molecule has 0 N–H and O–H groups in total. The van der Waals surface area contributed by atoms with E-state index < -0.39 is 5.97 Å². The van der Waals surface area contributed by atoms with Gasteiger partial charge in [0.2, 0.25) is 5.78 Å². The van der Waals surface area contributed by atoms with Gasteiger partial charge in [0.1, 0.15) is 10.6 Å². The minimum atomic E-state index is -0.543. The first-order valence-electron chi connectivity index (χ1n) is 11.6. The molecule has 0 amide bonds. The second-order valence-electron chi connectivity index (χ2n) is 8.88. The highest BCUT2D eigenvalue weighted by atomic mass is 32.1. The molecule has 0 saturated carbocycles. The van der Waals surface area contributed by atoms with Crippen LogP contribution in [0.2, 0.25) is 0 Å². The Balaban J connectivity index is 1.23. The zero-order valence-electron chi connectivity index (χ0n) is 19.9. The maximum atomic E-state index is 13.0. The number of esters is 1. The Bertz CT molecular complexity index is 1510. The van der Waals surface area contributed by atoms with Crippen LogP contribution in [0.3, 0.4) is 0 Å². The maximum absolute atomic E-state index is 13.0. The molecule has 0 spiro atoms. The molecule has 4 aromatic heterocycles. The number of Topliss-reactive ketones (excluding diaryl/α,β-unsaturated/α-hetero) is 1. The number of nitrogens with zero attached hydrogens (tertiary/aromatic N) is 4. The Labute approximate surface area is 205 Å². The first-order valence-corrected chi connectivity index (χ1v) is 12.5. The summed E-state index contributed by atoms with van der Waals surface area (Å²) in [4.78, 5) is 44.6. The van der Waals surface area contributed by atoms with Crippen LogP contribution < -0.4 is 5.56 Å². The third kappa shape index (κ3) is 4.34. The van der Waals surface area contributed by atoms with E-state index in [0.29, 0.717) is 28.2 Å². The van der Waals surface area contributed by atoms with Gasteiger partial charge in [-0.3, -0.25) is 23.5 Å². The fourth-order valence-electron chi connectivity index (χ4n) is 4.70. The van der Waals surface area contributed by atoms with E-state index in [1.54, 1.807) is 30.4 Å². The van der Waals surface area contributed by atoms with Gasteiger partial charge >= 0.3 is 5.97 Å². The lowest BCUT2D eigenvalue weighted by molar-refractivity contribution is -0.142. The second kappa shape index (κ2) is 9.26. The molecule has 1 aliphatic carbocycles. The van der Waals surface area contributed by atoms with Crippen molar-refractivity contribution >= 4 is 33.3 Å². The van der Waals surface area contributed by atoms with Gasteiger partial charge in [0.15, 0.2) is 12.4 Å². The zero-order chi connectivity index (χ0) is 24.7. The van der Waals surface area contributed by atoms with E-state index in [-0.39, 0.29) is 30.9 Å². The molecule has 0 bridgehead atoms. The SMILES string of the molecule is Cc1cc(-n2c(C)cc(C(=O)COC(=O)CCn3cnc4sc5c(c4c3=O)CCCC5)c2C)no1. The first-order chi connectivity index (χ1) is 16.8. The summed E-state index contributed by atoms with van der Waals surface area (Å²) in [5.74, 6) is 0.416. The maximum Gasteiger partial charge on any atom is 0.308 e. The minimum absolute atomic E-state index is 0.0239. The summed E-state index contributed by atoms with van der Waals surface area (Å²) >= 11 is 1.60. The molecular formula is C25H26N4O5S. The molecule has 0 aromatic carbocycles. The fraction of sp³-hybridized carbons (Fsp3) is 0.400. The molecular weight excluding hydrogens is 468 g/mol. The van der Waals surface area contributed by atoms with E-state index in [9.17, 15) is 14.4 Å². The lowest BCUT2D eigenvalue weighted by Gasteiger charge is -2.10.